The van der Waals surface area contributed by atoms with Gasteiger partial charge < -0.3 is 15.8 Å². The summed E-state index contributed by atoms with van der Waals surface area (Å²) in [6.45, 7) is 2.01. The Bertz CT molecular complexity index is 656. The third kappa shape index (κ3) is 2.93. The minimum atomic E-state index is -0.450. The molecule has 0 atom stereocenters. The third-order valence-corrected chi connectivity index (χ3v) is 3.98. The van der Waals surface area contributed by atoms with E-state index in [-0.39, 0.29) is 0 Å². The van der Waals surface area contributed by atoms with Crippen molar-refractivity contribution >= 4 is 39.0 Å². The maximum atomic E-state index is 11.6. The molecule has 104 valence electrons. The number of hydrogen-bond donors (Lipinski definition) is 2. The monoisotopic (exact) mass is 334 g/mol. The molecule has 2 aromatic carbocycles. The van der Waals surface area contributed by atoms with Gasteiger partial charge in [-0.25, -0.2) is 4.79 Å². The highest BCUT2D eigenvalue weighted by Crippen LogP contribution is 2.29. The molecule has 0 spiro atoms. The van der Waals surface area contributed by atoms with Crippen LogP contribution in [0.1, 0.15) is 15.9 Å². The fourth-order valence-corrected chi connectivity index (χ4v) is 2.18. The predicted molar refractivity (Wildman–Crippen MR) is 84.4 cm³/mol. The summed E-state index contributed by atoms with van der Waals surface area (Å²) in [5.41, 5.74) is 9.33. The van der Waals surface area contributed by atoms with Gasteiger partial charge in [0.2, 0.25) is 0 Å². The second kappa shape index (κ2) is 5.96. The van der Waals surface area contributed by atoms with Crippen molar-refractivity contribution in [2.45, 2.75) is 6.92 Å². The molecule has 20 heavy (non-hydrogen) atoms. The SMILES string of the molecule is COC(=O)c1cc(Nc2cccc(C)c2Br)ccc1N. The summed E-state index contributed by atoms with van der Waals surface area (Å²) in [5.74, 6) is -0.450. The Labute approximate surface area is 126 Å². The fraction of sp³-hybridized carbons (Fsp3) is 0.133. The smallest absolute Gasteiger partial charge is 0.340 e. The Kier molecular flexibility index (Phi) is 4.29. The first-order valence-electron chi connectivity index (χ1n) is 6.03. The second-order valence-electron chi connectivity index (χ2n) is 4.36. The van der Waals surface area contributed by atoms with Crippen LogP contribution in [0.5, 0.6) is 0 Å². The molecule has 0 heterocycles. The van der Waals surface area contributed by atoms with Gasteiger partial charge in [0.05, 0.1) is 18.4 Å². The third-order valence-electron chi connectivity index (χ3n) is 2.93. The van der Waals surface area contributed by atoms with Gasteiger partial charge in [-0.1, -0.05) is 12.1 Å². The van der Waals surface area contributed by atoms with Gasteiger partial charge in [-0.05, 0) is 52.7 Å². The number of ether oxygens (including phenoxy) is 1. The highest BCUT2D eigenvalue weighted by molar-refractivity contribution is 9.10. The number of nitrogens with two attached hydrogens (primary N) is 1. The van der Waals surface area contributed by atoms with Gasteiger partial charge in [-0.3, -0.25) is 0 Å². The Hall–Kier alpha value is -2.01. The van der Waals surface area contributed by atoms with Crippen LogP contribution in [0.2, 0.25) is 0 Å². The van der Waals surface area contributed by atoms with Crippen LogP contribution in [0.15, 0.2) is 40.9 Å². The van der Waals surface area contributed by atoms with E-state index in [0.717, 1.165) is 21.4 Å². The van der Waals surface area contributed by atoms with Crippen LogP contribution in [0.3, 0.4) is 0 Å². The molecule has 0 aliphatic carbocycles. The van der Waals surface area contributed by atoms with Crippen LogP contribution in [-0.4, -0.2) is 13.1 Å². The average molecular weight is 335 g/mol. The van der Waals surface area contributed by atoms with Crippen molar-refractivity contribution in [1.82, 2.24) is 0 Å². The average Bonchev–Trinajstić information content (AvgIpc) is 2.45. The number of halogens is 1. The number of benzene rings is 2. The first-order valence-corrected chi connectivity index (χ1v) is 6.82. The van der Waals surface area contributed by atoms with Crippen molar-refractivity contribution in [2.24, 2.45) is 0 Å². The summed E-state index contributed by atoms with van der Waals surface area (Å²) >= 11 is 3.53. The maximum absolute atomic E-state index is 11.6. The molecule has 0 aromatic heterocycles. The summed E-state index contributed by atoms with van der Waals surface area (Å²) in [5, 5.41) is 3.25. The lowest BCUT2D eigenvalue weighted by molar-refractivity contribution is 0.0602. The molecular formula is C15H15BrN2O2. The molecule has 0 amide bonds. The molecule has 0 aliphatic rings. The fourth-order valence-electron chi connectivity index (χ4n) is 1.82. The van der Waals surface area contributed by atoms with Crippen LogP contribution < -0.4 is 11.1 Å². The van der Waals surface area contributed by atoms with Gasteiger partial charge in [0.15, 0.2) is 0 Å². The maximum Gasteiger partial charge on any atom is 0.340 e. The van der Waals surface area contributed by atoms with Crippen molar-refractivity contribution in [3.63, 3.8) is 0 Å². The van der Waals surface area contributed by atoms with E-state index in [0.29, 0.717) is 11.3 Å². The number of aryl methyl sites for hydroxylation is 1. The number of nitrogens with one attached hydrogen (secondary N) is 1. The van der Waals surface area contributed by atoms with Gasteiger partial charge in [-0.2, -0.15) is 0 Å². The number of esters is 1. The number of rotatable bonds is 3. The number of carbonyl (C=O) groups excluding carboxylic acids is 1. The Morgan fingerprint density at radius 1 is 1.30 bits per heavy atom. The molecule has 2 rings (SSSR count). The van der Waals surface area contributed by atoms with Gasteiger partial charge in [0, 0.05) is 15.8 Å². The molecule has 0 radical (unpaired) electrons. The molecule has 2 aromatic rings. The second-order valence-corrected chi connectivity index (χ2v) is 5.15. The molecule has 0 fully saturated rings. The molecule has 0 bridgehead atoms. The summed E-state index contributed by atoms with van der Waals surface area (Å²) in [4.78, 5) is 11.6. The predicted octanol–water partition coefficient (Wildman–Crippen LogP) is 3.87. The van der Waals surface area contributed by atoms with Crippen LogP contribution in [0.25, 0.3) is 0 Å². The van der Waals surface area contributed by atoms with Crippen molar-refractivity contribution in [2.75, 3.05) is 18.2 Å². The first kappa shape index (κ1) is 14.4. The lowest BCUT2D eigenvalue weighted by Crippen LogP contribution is -2.06. The van der Waals surface area contributed by atoms with E-state index in [9.17, 15) is 4.79 Å². The molecule has 0 aliphatic heterocycles. The topological polar surface area (TPSA) is 64.3 Å². The van der Waals surface area contributed by atoms with E-state index in [4.69, 9.17) is 10.5 Å². The van der Waals surface area contributed by atoms with Crippen LogP contribution in [-0.2, 0) is 4.74 Å². The van der Waals surface area contributed by atoms with Gasteiger partial charge >= 0.3 is 5.97 Å². The quantitative estimate of drug-likeness (QED) is 0.660. The number of methoxy groups -OCH3 is 1. The van der Waals surface area contributed by atoms with E-state index in [1.54, 1.807) is 12.1 Å². The van der Waals surface area contributed by atoms with Gasteiger partial charge in [0.1, 0.15) is 0 Å². The van der Waals surface area contributed by atoms with Crippen molar-refractivity contribution in [1.29, 1.82) is 0 Å². The molecular weight excluding hydrogens is 320 g/mol. The molecule has 0 saturated heterocycles. The normalized spacial score (nSPS) is 10.2. The van der Waals surface area contributed by atoms with E-state index in [1.165, 1.54) is 7.11 Å². The van der Waals surface area contributed by atoms with Crippen LogP contribution >= 0.6 is 15.9 Å². The summed E-state index contributed by atoms with van der Waals surface area (Å²) in [7, 11) is 1.33. The van der Waals surface area contributed by atoms with Gasteiger partial charge in [-0.15, -0.1) is 0 Å². The Morgan fingerprint density at radius 3 is 2.75 bits per heavy atom. The first-order chi connectivity index (χ1) is 9.52. The Morgan fingerprint density at radius 2 is 2.05 bits per heavy atom. The number of anilines is 3. The van der Waals surface area contributed by atoms with Crippen molar-refractivity contribution in [3.05, 3.63) is 52.0 Å². The lowest BCUT2D eigenvalue weighted by Gasteiger charge is -2.12. The zero-order valence-electron chi connectivity index (χ0n) is 11.2. The van der Waals surface area contributed by atoms with Gasteiger partial charge in [0.25, 0.3) is 0 Å². The number of carbonyl (C=O) groups is 1. The van der Waals surface area contributed by atoms with E-state index >= 15 is 0 Å². The van der Waals surface area contributed by atoms with Crippen LogP contribution in [0.4, 0.5) is 17.1 Å². The van der Waals surface area contributed by atoms with E-state index in [2.05, 4.69) is 21.2 Å². The molecule has 4 nitrogen and oxygen atoms in total. The number of nitrogen functional groups attached to an aromatic ring is 1. The minimum Gasteiger partial charge on any atom is -0.465 e. The molecule has 3 N–H and O–H groups in total. The van der Waals surface area contributed by atoms with Crippen molar-refractivity contribution < 1.29 is 9.53 Å². The molecule has 0 saturated carbocycles. The summed E-state index contributed by atoms with van der Waals surface area (Å²) in [6, 6.07) is 11.1. The zero-order valence-corrected chi connectivity index (χ0v) is 12.8. The lowest BCUT2D eigenvalue weighted by atomic mass is 10.1. The summed E-state index contributed by atoms with van der Waals surface area (Å²) < 4.78 is 5.69. The largest absolute Gasteiger partial charge is 0.465 e. The highest BCUT2D eigenvalue weighted by Gasteiger charge is 2.11. The van der Waals surface area contributed by atoms with Crippen LogP contribution in [0, 0.1) is 6.92 Å². The zero-order chi connectivity index (χ0) is 14.7. The standard InChI is InChI=1S/C15H15BrN2O2/c1-9-4-3-5-13(14(9)16)18-10-6-7-12(17)11(8-10)15(19)20-2/h3-8,18H,17H2,1-2H3. The van der Waals surface area contributed by atoms with E-state index in [1.807, 2.05) is 31.2 Å². The minimum absolute atomic E-state index is 0.348. The molecule has 0 unspecified atom stereocenters. The summed E-state index contributed by atoms with van der Waals surface area (Å²) in [6.07, 6.45) is 0. The highest BCUT2D eigenvalue weighted by atomic mass is 79.9. The number of hydrogen-bond acceptors (Lipinski definition) is 4. The molecule has 5 heteroatoms. The van der Waals surface area contributed by atoms with E-state index < -0.39 is 5.97 Å². The Balaban J connectivity index is 2.35. The van der Waals surface area contributed by atoms with Crippen molar-refractivity contribution in [3.8, 4) is 0 Å².